The van der Waals surface area contributed by atoms with Crippen LogP contribution in [0, 0.1) is 0 Å². The number of likely N-dealkylation sites (tertiary alicyclic amines) is 1. The Morgan fingerprint density at radius 3 is 2.82 bits per heavy atom. The number of piperazine rings is 1. The SMILES string of the molecule is COc1cc(OCCC2CNCCN2)ccc1CN1CCC(NC(=O)c2ccc(Cl)c(Cl)c2)C1. The van der Waals surface area contributed by atoms with Crippen LogP contribution in [0.15, 0.2) is 36.4 Å². The lowest BCUT2D eigenvalue weighted by Gasteiger charge is -2.24. The number of nitrogens with one attached hydrogen (secondary N) is 3. The van der Waals surface area contributed by atoms with Crippen LogP contribution in [-0.4, -0.2) is 69.3 Å². The molecule has 1 amide bonds. The molecule has 0 saturated carbocycles. The molecule has 2 unspecified atom stereocenters. The van der Waals surface area contributed by atoms with Gasteiger partial charge in [0.1, 0.15) is 11.5 Å². The molecule has 0 aromatic heterocycles. The van der Waals surface area contributed by atoms with Gasteiger partial charge in [0, 0.05) is 68.5 Å². The highest BCUT2D eigenvalue weighted by Crippen LogP contribution is 2.27. The summed E-state index contributed by atoms with van der Waals surface area (Å²) >= 11 is 12.0. The molecular weight excluding hydrogens is 475 g/mol. The molecule has 9 heteroatoms. The molecule has 2 saturated heterocycles. The standard InChI is InChI=1S/C25H32Cl2N4O3/c1-33-24-13-21(34-11-7-19-14-28-8-9-29-19)4-2-18(24)15-31-10-6-20(16-31)30-25(32)17-3-5-22(26)23(27)12-17/h2-5,12-13,19-20,28-29H,6-11,14-16H2,1H3,(H,30,32). The van der Waals surface area contributed by atoms with Gasteiger partial charge in [-0.15, -0.1) is 0 Å². The minimum absolute atomic E-state index is 0.0819. The summed E-state index contributed by atoms with van der Waals surface area (Å²) in [6, 6.07) is 11.5. The van der Waals surface area contributed by atoms with Crippen LogP contribution in [0.25, 0.3) is 0 Å². The van der Waals surface area contributed by atoms with Crippen molar-refractivity contribution < 1.29 is 14.3 Å². The average Bonchev–Trinajstić information content (AvgIpc) is 3.29. The summed E-state index contributed by atoms with van der Waals surface area (Å²) in [5, 5.41) is 10.8. The molecule has 3 N–H and O–H groups in total. The summed E-state index contributed by atoms with van der Waals surface area (Å²) in [5.74, 6) is 1.50. The first kappa shape index (κ1) is 25.1. The van der Waals surface area contributed by atoms with Crippen molar-refractivity contribution in [3.63, 3.8) is 0 Å². The summed E-state index contributed by atoms with van der Waals surface area (Å²) in [6.45, 7) is 6.10. The smallest absolute Gasteiger partial charge is 0.251 e. The average molecular weight is 507 g/mol. The van der Waals surface area contributed by atoms with Gasteiger partial charge in [-0.1, -0.05) is 29.3 Å². The number of benzene rings is 2. The first-order chi connectivity index (χ1) is 16.5. The van der Waals surface area contributed by atoms with Gasteiger partial charge in [0.15, 0.2) is 0 Å². The Morgan fingerprint density at radius 1 is 1.18 bits per heavy atom. The van der Waals surface area contributed by atoms with Gasteiger partial charge < -0.3 is 25.4 Å². The number of rotatable bonds is 9. The quantitative estimate of drug-likeness (QED) is 0.484. The van der Waals surface area contributed by atoms with Crippen LogP contribution >= 0.6 is 23.2 Å². The maximum absolute atomic E-state index is 12.6. The highest BCUT2D eigenvalue weighted by atomic mass is 35.5. The normalized spacial score (nSPS) is 20.8. The van der Waals surface area contributed by atoms with E-state index in [1.165, 1.54) is 0 Å². The number of amides is 1. The summed E-state index contributed by atoms with van der Waals surface area (Å²) in [6.07, 6.45) is 1.85. The highest BCUT2D eigenvalue weighted by Gasteiger charge is 2.25. The van der Waals surface area contributed by atoms with Crippen molar-refractivity contribution in [1.29, 1.82) is 0 Å². The highest BCUT2D eigenvalue weighted by molar-refractivity contribution is 6.42. The van der Waals surface area contributed by atoms with Crippen molar-refractivity contribution in [3.8, 4) is 11.5 Å². The molecule has 2 aliphatic heterocycles. The molecule has 2 aromatic carbocycles. The number of methoxy groups -OCH3 is 1. The van der Waals surface area contributed by atoms with Gasteiger partial charge in [-0.2, -0.15) is 0 Å². The zero-order chi connectivity index (χ0) is 23.9. The molecule has 2 aliphatic rings. The first-order valence-electron chi connectivity index (χ1n) is 11.7. The van der Waals surface area contributed by atoms with Crippen LogP contribution in [0.4, 0.5) is 0 Å². The van der Waals surface area contributed by atoms with Crippen LogP contribution < -0.4 is 25.4 Å². The lowest BCUT2D eigenvalue weighted by molar-refractivity contribution is 0.0937. The van der Waals surface area contributed by atoms with Crippen molar-refractivity contribution in [1.82, 2.24) is 20.9 Å². The van der Waals surface area contributed by atoms with E-state index in [0.717, 1.165) is 69.2 Å². The summed E-state index contributed by atoms with van der Waals surface area (Å²) in [7, 11) is 1.69. The second-order valence-corrected chi connectivity index (χ2v) is 9.60. The third-order valence-corrected chi connectivity index (χ3v) is 7.04. The Morgan fingerprint density at radius 2 is 2.06 bits per heavy atom. The van der Waals surface area contributed by atoms with E-state index < -0.39 is 0 Å². The third kappa shape index (κ3) is 6.77. The molecular formula is C25H32Cl2N4O3. The van der Waals surface area contributed by atoms with E-state index in [0.29, 0.717) is 28.3 Å². The van der Waals surface area contributed by atoms with E-state index >= 15 is 0 Å². The van der Waals surface area contributed by atoms with E-state index in [1.807, 2.05) is 12.1 Å². The van der Waals surface area contributed by atoms with E-state index in [2.05, 4.69) is 26.9 Å². The molecule has 34 heavy (non-hydrogen) atoms. The number of halogens is 2. The van der Waals surface area contributed by atoms with E-state index in [4.69, 9.17) is 32.7 Å². The summed E-state index contributed by atoms with van der Waals surface area (Å²) in [5.41, 5.74) is 1.62. The lowest BCUT2D eigenvalue weighted by atomic mass is 10.1. The molecule has 0 bridgehead atoms. The van der Waals surface area contributed by atoms with Crippen molar-refractivity contribution in [2.75, 3.05) is 46.4 Å². The van der Waals surface area contributed by atoms with Crippen molar-refractivity contribution >= 4 is 29.1 Å². The predicted octanol–water partition coefficient (Wildman–Crippen LogP) is 3.34. The molecule has 0 radical (unpaired) electrons. The molecule has 2 fully saturated rings. The van der Waals surface area contributed by atoms with Gasteiger partial charge in [-0.3, -0.25) is 9.69 Å². The number of ether oxygens (including phenoxy) is 2. The van der Waals surface area contributed by atoms with Crippen LogP contribution in [0.5, 0.6) is 11.5 Å². The number of nitrogens with zero attached hydrogens (tertiary/aromatic N) is 1. The molecule has 2 heterocycles. The van der Waals surface area contributed by atoms with Gasteiger partial charge >= 0.3 is 0 Å². The fraction of sp³-hybridized carbons (Fsp3) is 0.480. The third-order valence-electron chi connectivity index (χ3n) is 6.30. The predicted molar refractivity (Wildman–Crippen MR) is 135 cm³/mol. The Labute approximate surface area is 211 Å². The van der Waals surface area contributed by atoms with Crippen LogP contribution in [-0.2, 0) is 6.54 Å². The Balaban J connectivity index is 1.26. The topological polar surface area (TPSA) is 74.9 Å². The number of hydrogen-bond acceptors (Lipinski definition) is 6. The minimum Gasteiger partial charge on any atom is -0.496 e. The molecule has 184 valence electrons. The van der Waals surface area contributed by atoms with Gasteiger partial charge in [-0.25, -0.2) is 0 Å². The second kappa shape index (κ2) is 12.1. The fourth-order valence-electron chi connectivity index (χ4n) is 4.42. The van der Waals surface area contributed by atoms with Crippen molar-refractivity contribution in [3.05, 3.63) is 57.6 Å². The number of carbonyl (C=O) groups excluding carboxylic acids is 1. The zero-order valence-corrected chi connectivity index (χ0v) is 20.9. The Hall–Kier alpha value is -2.03. The zero-order valence-electron chi connectivity index (χ0n) is 19.4. The lowest BCUT2D eigenvalue weighted by Crippen LogP contribution is -2.48. The van der Waals surface area contributed by atoms with Gasteiger partial charge in [0.2, 0.25) is 0 Å². The number of hydrogen-bond donors (Lipinski definition) is 3. The maximum Gasteiger partial charge on any atom is 0.251 e. The van der Waals surface area contributed by atoms with E-state index in [1.54, 1.807) is 25.3 Å². The first-order valence-corrected chi connectivity index (χ1v) is 12.5. The molecule has 4 rings (SSSR count). The van der Waals surface area contributed by atoms with Gasteiger partial charge in [0.05, 0.1) is 23.8 Å². The molecule has 0 aliphatic carbocycles. The summed E-state index contributed by atoms with van der Waals surface area (Å²) < 4.78 is 11.6. The largest absolute Gasteiger partial charge is 0.496 e. The van der Waals surface area contributed by atoms with Crippen molar-refractivity contribution in [2.45, 2.75) is 31.5 Å². The monoisotopic (exact) mass is 506 g/mol. The van der Waals surface area contributed by atoms with Gasteiger partial charge in [0.25, 0.3) is 5.91 Å². The van der Waals surface area contributed by atoms with E-state index in [-0.39, 0.29) is 11.9 Å². The van der Waals surface area contributed by atoms with Crippen LogP contribution in [0.3, 0.4) is 0 Å². The van der Waals surface area contributed by atoms with E-state index in [9.17, 15) is 4.79 Å². The van der Waals surface area contributed by atoms with Crippen LogP contribution in [0.2, 0.25) is 10.0 Å². The second-order valence-electron chi connectivity index (χ2n) is 8.79. The van der Waals surface area contributed by atoms with Gasteiger partial charge in [-0.05, 0) is 37.1 Å². The maximum atomic E-state index is 12.6. The molecule has 2 aromatic rings. The Kier molecular flexibility index (Phi) is 8.92. The minimum atomic E-state index is -0.135. The molecule has 7 nitrogen and oxygen atoms in total. The molecule has 0 spiro atoms. The number of carbonyl (C=O) groups is 1. The molecule has 2 atom stereocenters. The fourth-order valence-corrected chi connectivity index (χ4v) is 4.72. The van der Waals surface area contributed by atoms with Crippen LogP contribution in [0.1, 0.15) is 28.8 Å². The summed E-state index contributed by atoms with van der Waals surface area (Å²) in [4.78, 5) is 14.9. The van der Waals surface area contributed by atoms with Crippen molar-refractivity contribution in [2.24, 2.45) is 0 Å². The Bertz CT molecular complexity index is 985.